The van der Waals surface area contributed by atoms with Crippen LogP contribution in [0, 0.1) is 0 Å². The highest BCUT2D eigenvalue weighted by Crippen LogP contribution is 2.35. The number of methoxy groups -OCH3 is 1. The van der Waals surface area contributed by atoms with Crippen LogP contribution >= 0.6 is 11.3 Å². The second-order valence-corrected chi connectivity index (χ2v) is 8.06. The van der Waals surface area contributed by atoms with Gasteiger partial charge < -0.3 is 19.3 Å². The van der Waals surface area contributed by atoms with Crippen molar-refractivity contribution in [3.63, 3.8) is 0 Å². The molecule has 156 valence electrons. The number of thiophene rings is 1. The van der Waals surface area contributed by atoms with Crippen molar-refractivity contribution in [3.8, 4) is 11.5 Å². The van der Waals surface area contributed by atoms with Crippen molar-refractivity contribution in [2.24, 2.45) is 0 Å². The molecule has 1 aromatic carbocycles. The summed E-state index contributed by atoms with van der Waals surface area (Å²) in [6.07, 6.45) is 1.65. The largest absolute Gasteiger partial charge is 0.493 e. The maximum absolute atomic E-state index is 13.1. The maximum atomic E-state index is 13.1. The van der Waals surface area contributed by atoms with Gasteiger partial charge in [0.05, 0.1) is 19.7 Å². The lowest BCUT2D eigenvalue weighted by atomic mass is 10.0. The van der Waals surface area contributed by atoms with Crippen molar-refractivity contribution in [2.45, 2.75) is 32.7 Å². The minimum absolute atomic E-state index is 0.0425. The van der Waals surface area contributed by atoms with Crippen molar-refractivity contribution in [2.75, 3.05) is 33.4 Å². The zero-order valence-corrected chi connectivity index (χ0v) is 18.0. The van der Waals surface area contributed by atoms with Crippen LogP contribution in [0.4, 0.5) is 0 Å². The summed E-state index contributed by atoms with van der Waals surface area (Å²) in [7, 11) is 1.61. The van der Waals surface area contributed by atoms with E-state index < -0.39 is 0 Å². The van der Waals surface area contributed by atoms with Gasteiger partial charge >= 0.3 is 0 Å². The third kappa shape index (κ3) is 4.90. The Hall–Kier alpha value is -2.54. The Morgan fingerprint density at radius 1 is 1.24 bits per heavy atom. The summed E-state index contributed by atoms with van der Waals surface area (Å²) in [6.45, 7) is 5.17. The van der Waals surface area contributed by atoms with Gasteiger partial charge in [-0.2, -0.15) is 0 Å². The van der Waals surface area contributed by atoms with Gasteiger partial charge in [-0.15, -0.1) is 11.3 Å². The van der Waals surface area contributed by atoms with Crippen LogP contribution in [0.5, 0.6) is 11.5 Å². The summed E-state index contributed by atoms with van der Waals surface area (Å²) in [6, 6.07) is 9.39. The van der Waals surface area contributed by atoms with Gasteiger partial charge in [0.2, 0.25) is 11.8 Å². The van der Waals surface area contributed by atoms with Crippen LogP contribution in [0.2, 0.25) is 0 Å². The standard InChI is InChI=1S/C22H28N2O4S/c1-4-11-23(16(2)25)14-22(26)24-12-9-21-17(10-13-29-21)18(24)15-28-20-8-6-5-7-19(20)27-3/h5-8,10,13,18H,4,9,11-12,14-15H2,1-3H3/t18-/m0/s1. The van der Waals surface area contributed by atoms with E-state index in [1.165, 1.54) is 11.8 Å². The Morgan fingerprint density at radius 2 is 2.00 bits per heavy atom. The molecule has 7 heteroatoms. The minimum atomic E-state index is -0.183. The Labute approximate surface area is 176 Å². The Balaban J connectivity index is 1.78. The molecule has 0 saturated heterocycles. The molecule has 1 atom stereocenters. The van der Waals surface area contributed by atoms with E-state index in [0.717, 1.165) is 18.4 Å². The number of fused-ring (bicyclic) bond motifs is 1. The fourth-order valence-electron chi connectivity index (χ4n) is 3.65. The molecule has 0 spiro atoms. The van der Waals surface area contributed by atoms with Crippen LogP contribution in [0.3, 0.4) is 0 Å². The molecule has 2 aromatic rings. The SMILES string of the molecule is CCCN(CC(=O)N1CCc2sccc2[C@@H]1COc1ccccc1OC)C(C)=O. The molecule has 1 aliphatic rings. The number of carbonyl (C=O) groups excluding carboxylic acids is 2. The number of amides is 2. The van der Waals surface area contributed by atoms with E-state index in [9.17, 15) is 9.59 Å². The topological polar surface area (TPSA) is 59.1 Å². The summed E-state index contributed by atoms with van der Waals surface area (Å²) in [4.78, 5) is 29.8. The second-order valence-electron chi connectivity index (χ2n) is 7.05. The highest BCUT2D eigenvalue weighted by molar-refractivity contribution is 7.10. The number of para-hydroxylation sites is 2. The Bertz CT molecular complexity index is 851. The Kier molecular flexibility index (Phi) is 7.14. The van der Waals surface area contributed by atoms with Crippen molar-refractivity contribution in [1.82, 2.24) is 9.80 Å². The van der Waals surface area contributed by atoms with Gasteiger partial charge in [-0.05, 0) is 42.0 Å². The second kappa shape index (κ2) is 9.78. The predicted molar refractivity (Wildman–Crippen MR) is 114 cm³/mol. The smallest absolute Gasteiger partial charge is 0.242 e. The zero-order chi connectivity index (χ0) is 20.8. The third-order valence-corrected chi connectivity index (χ3v) is 6.14. The number of hydrogen-bond donors (Lipinski definition) is 0. The zero-order valence-electron chi connectivity index (χ0n) is 17.2. The number of ether oxygens (including phenoxy) is 2. The fraction of sp³-hybridized carbons (Fsp3) is 0.455. The van der Waals surface area contributed by atoms with Crippen molar-refractivity contribution in [1.29, 1.82) is 0 Å². The predicted octanol–water partition coefficient (Wildman–Crippen LogP) is 3.52. The first-order chi connectivity index (χ1) is 14.0. The summed E-state index contributed by atoms with van der Waals surface area (Å²) >= 11 is 1.72. The molecule has 0 fully saturated rings. The Morgan fingerprint density at radius 3 is 2.69 bits per heavy atom. The van der Waals surface area contributed by atoms with E-state index >= 15 is 0 Å². The summed E-state index contributed by atoms with van der Waals surface area (Å²) < 4.78 is 11.5. The molecular weight excluding hydrogens is 388 g/mol. The number of hydrogen-bond acceptors (Lipinski definition) is 5. The van der Waals surface area contributed by atoms with Gasteiger partial charge in [-0.3, -0.25) is 9.59 Å². The molecular formula is C22H28N2O4S. The van der Waals surface area contributed by atoms with Crippen molar-refractivity contribution in [3.05, 3.63) is 46.2 Å². The molecule has 0 saturated carbocycles. The first kappa shape index (κ1) is 21.2. The molecule has 1 aromatic heterocycles. The number of carbonyl (C=O) groups is 2. The average molecular weight is 417 g/mol. The first-order valence-corrected chi connectivity index (χ1v) is 10.8. The molecule has 0 N–H and O–H groups in total. The van der Waals surface area contributed by atoms with Crippen LogP contribution in [0.1, 0.15) is 36.8 Å². The highest BCUT2D eigenvalue weighted by atomic mass is 32.1. The van der Waals surface area contributed by atoms with E-state index in [1.54, 1.807) is 23.3 Å². The average Bonchev–Trinajstić information content (AvgIpc) is 3.20. The molecule has 0 unspecified atom stereocenters. The number of rotatable bonds is 8. The van der Waals surface area contributed by atoms with Crippen LogP contribution in [-0.4, -0.2) is 55.0 Å². The lowest BCUT2D eigenvalue weighted by Crippen LogP contribution is -2.47. The third-order valence-electron chi connectivity index (χ3n) is 5.15. The van der Waals surface area contributed by atoms with Crippen molar-refractivity contribution >= 4 is 23.2 Å². The van der Waals surface area contributed by atoms with Gasteiger partial charge in [0.1, 0.15) is 6.61 Å². The summed E-state index contributed by atoms with van der Waals surface area (Å²) in [5.74, 6) is 1.20. The fourth-order valence-corrected chi connectivity index (χ4v) is 4.58. The van der Waals surface area contributed by atoms with Crippen LogP contribution < -0.4 is 9.47 Å². The summed E-state index contributed by atoms with van der Waals surface area (Å²) in [5.41, 5.74) is 1.13. The molecule has 0 radical (unpaired) electrons. The molecule has 2 amide bonds. The van der Waals surface area contributed by atoms with E-state index in [2.05, 4.69) is 11.4 Å². The van der Waals surface area contributed by atoms with Gasteiger partial charge in [0, 0.05) is 24.9 Å². The normalized spacial score (nSPS) is 15.6. The number of benzene rings is 1. The van der Waals surface area contributed by atoms with Gasteiger partial charge in [-0.1, -0.05) is 19.1 Å². The molecule has 2 heterocycles. The van der Waals surface area contributed by atoms with Gasteiger partial charge in [-0.25, -0.2) is 0 Å². The first-order valence-electron chi connectivity index (χ1n) is 9.92. The molecule has 3 rings (SSSR count). The maximum Gasteiger partial charge on any atom is 0.242 e. The van der Waals surface area contributed by atoms with E-state index in [1.807, 2.05) is 36.1 Å². The number of nitrogens with zero attached hydrogens (tertiary/aromatic N) is 2. The van der Waals surface area contributed by atoms with E-state index in [0.29, 0.717) is 31.2 Å². The van der Waals surface area contributed by atoms with E-state index in [-0.39, 0.29) is 24.4 Å². The van der Waals surface area contributed by atoms with Gasteiger partial charge in [0.15, 0.2) is 11.5 Å². The molecule has 29 heavy (non-hydrogen) atoms. The molecule has 0 bridgehead atoms. The molecule has 0 aliphatic carbocycles. The summed E-state index contributed by atoms with van der Waals surface area (Å²) in [5, 5.41) is 2.06. The molecule has 1 aliphatic heterocycles. The van der Waals surface area contributed by atoms with E-state index in [4.69, 9.17) is 9.47 Å². The minimum Gasteiger partial charge on any atom is -0.493 e. The van der Waals surface area contributed by atoms with Gasteiger partial charge in [0.25, 0.3) is 0 Å². The quantitative estimate of drug-likeness (QED) is 0.661. The van der Waals surface area contributed by atoms with Crippen molar-refractivity contribution < 1.29 is 19.1 Å². The lowest BCUT2D eigenvalue weighted by molar-refractivity contribution is -0.141. The van der Waals surface area contributed by atoms with Crippen LogP contribution in [0.15, 0.2) is 35.7 Å². The highest BCUT2D eigenvalue weighted by Gasteiger charge is 2.33. The monoisotopic (exact) mass is 416 g/mol. The van der Waals surface area contributed by atoms with Crippen LogP contribution in [-0.2, 0) is 16.0 Å². The van der Waals surface area contributed by atoms with Crippen LogP contribution in [0.25, 0.3) is 0 Å². The molecule has 6 nitrogen and oxygen atoms in total. The lowest BCUT2D eigenvalue weighted by Gasteiger charge is -2.37.